The summed E-state index contributed by atoms with van der Waals surface area (Å²) in [5, 5.41) is 12.8. The summed E-state index contributed by atoms with van der Waals surface area (Å²) in [6, 6.07) is -2.06. The van der Waals surface area contributed by atoms with Gasteiger partial charge in [0.1, 0.15) is 23.3 Å². The van der Waals surface area contributed by atoms with Crippen molar-refractivity contribution in [2.24, 2.45) is 0 Å². The Morgan fingerprint density at radius 2 is 1.65 bits per heavy atom. The fourth-order valence-electron chi connectivity index (χ4n) is 3.38. The zero-order chi connectivity index (χ0) is 19.9. The number of alkyl carbamates (subject to hydrolysis) is 1. The van der Waals surface area contributed by atoms with Crippen molar-refractivity contribution >= 4 is 18.0 Å². The molecule has 2 N–H and O–H groups in total. The van der Waals surface area contributed by atoms with E-state index in [4.69, 9.17) is 9.47 Å². The van der Waals surface area contributed by atoms with Crippen LogP contribution in [0.1, 0.15) is 60.8 Å². The van der Waals surface area contributed by atoms with Crippen LogP contribution < -0.4 is 5.32 Å². The predicted octanol–water partition coefficient (Wildman–Crippen LogP) is 1.35. The fraction of sp³-hybridized carbons (Fsp3) is 0.833. The number of piperidine rings is 1. The van der Waals surface area contributed by atoms with E-state index in [1.54, 1.807) is 41.5 Å². The third kappa shape index (κ3) is 4.87. The number of amides is 2. The molecule has 2 amide bonds. The molecule has 2 fully saturated rings. The minimum absolute atomic E-state index is 0.230. The van der Waals surface area contributed by atoms with Gasteiger partial charge >= 0.3 is 12.1 Å². The number of aliphatic hydroxyl groups is 1. The quantitative estimate of drug-likeness (QED) is 0.711. The van der Waals surface area contributed by atoms with E-state index in [2.05, 4.69) is 5.32 Å². The zero-order valence-electron chi connectivity index (χ0n) is 16.4. The summed E-state index contributed by atoms with van der Waals surface area (Å²) in [6.07, 6.45) is -0.399. The van der Waals surface area contributed by atoms with Crippen LogP contribution in [0.15, 0.2) is 0 Å². The minimum Gasteiger partial charge on any atom is -0.458 e. The van der Waals surface area contributed by atoms with Gasteiger partial charge in [-0.2, -0.15) is 0 Å². The van der Waals surface area contributed by atoms with Crippen LogP contribution in [0.4, 0.5) is 4.79 Å². The molecule has 0 aromatic heterocycles. The van der Waals surface area contributed by atoms with Crippen molar-refractivity contribution < 1.29 is 29.0 Å². The average Bonchev–Trinajstić information content (AvgIpc) is 2.83. The number of hydrogen-bond donors (Lipinski definition) is 2. The van der Waals surface area contributed by atoms with Crippen molar-refractivity contribution in [1.29, 1.82) is 0 Å². The van der Waals surface area contributed by atoms with Gasteiger partial charge in [0, 0.05) is 6.04 Å². The highest BCUT2D eigenvalue weighted by molar-refractivity contribution is 5.91. The first kappa shape index (κ1) is 20.5. The molecule has 0 aromatic rings. The number of rotatable bonds is 2. The first-order chi connectivity index (χ1) is 11.8. The van der Waals surface area contributed by atoms with E-state index in [0.29, 0.717) is 19.3 Å². The highest BCUT2D eigenvalue weighted by Gasteiger charge is 2.51. The van der Waals surface area contributed by atoms with Gasteiger partial charge < -0.3 is 24.8 Å². The van der Waals surface area contributed by atoms with Crippen LogP contribution in [0.25, 0.3) is 0 Å². The zero-order valence-corrected chi connectivity index (χ0v) is 16.4. The first-order valence-electron chi connectivity index (χ1n) is 9.01. The van der Waals surface area contributed by atoms with Crippen LogP contribution in [0.3, 0.4) is 0 Å². The maximum absolute atomic E-state index is 12.9. The summed E-state index contributed by atoms with van der Waals surface area (Å²) in [7, 11) is 0. The van der Waals surface area contributed by atoms with E-state index in [1.807, 2.05) is 0 Å². The highest BCUT2D eigenvalue weighted by Crippen LogP contribution is 2.34. The Kier molecular flexibility index (Phi) is 5.56. The smallest absolute Gasteiger partial charge is 0.408 e. The number of esters is 1. The van der Waals surface area contributed by atoms with Gasteiger partial charge in [-0.1, -0.05) is 0 Å². The molecule has 2 aliphatic heterocycles. The van der Waals surface area contributed by atoms with Gasteiger partial charge in [-0.3, -0.25) is 4.79 Å². The number of fused-ring (bicyclic) bond motifs is 1. The molecule has 0 saturated carbocycles. The summed E-state index contributed by atoms with van der Waals surface area (Å²) in [5.74, 6) is -0.936. The van der Waals surface area contributed by atoms with Crippen molar-refractivity contribution in [3.8, 4) is 0 Å². The van der Waals surface area contributed by atoms with Gasteiger partial charge in [-0.05, 0) is 60.8 Å². The third-order valence-corrected chi connectivity index (χ3v) is 4.27. The average molecular weight is 370 g/mol. The Hall–Kier alpha value is -1.83. The Morgan fingerprint density at radius 1 is 1.08 bits per heavy atom. The molecular weight excluding hydrogens is 340 g/mol. The van der Waals surface area contributed by atoms with Gasteiger partial charge in [0.15, 0.2) is 0 Å². The lowest BCUT2D eigenvalue weighted by molar-refractivity contribution is -0.167. The molecule has 2 heterocycles. The second kappa shape index (κ2) is 7.06. The topological polar surface area (TPSA) is 105 Å². The number of hydrogen-bond acceptors (Lipinski definition) is 6. The number of nitrogens with zero attached hydrogens (tertiary/aromatic N) is 1. The molecule has 2 rings (SSSR count). The van der Waals surface area contributed by atoms with Gasteiger partial charge in [-0.15, -0.1) is 0 Å². The van der Waals surface area contributed by atoms with Crippen molar-refractivity contribution in [2.75, 3.05) is 0 Å². The largest absolute Gasteiger partial charge is 0.458 e. The van der Waals surface area contributed by atoms with E-state index in [1.165, 1.54) is 4.90 Å². The second-order valence-corrected chi connectivity index (χ2v) is 8.95. The number of nitrogens with one attached hydrogen (secondary N) is 1. The van der Waals surface area contributed by atoms with Crippen molar-refractivity contribution in [3.05, 3.63) is 0 Å². The number of ether oxygens (including phenoxy) is 2. The summed E-state index contributed by atoms with van der Waals surface area (Å²) >= 11 is 0. The van der Waals surface area contributed by atoms with Gasteiger partial charge in [0.2, 0.25) is 5.91 Å². The molecule has 4 atom stereocenters. The van der Waals surface area contributed by atoms with Gasteiger partial charge in [-0.25, -0.2) is 9.59 Å². The molecule has 8 heteroatoms. The molecule has 0 bridgehead atoms. The summed E-state index contributed by atoms with van der Waals surface area (Å²) < 4.78 is 10.6. The van der Waals surface area contributed by atoms with E-state index in [-0.39, 0.29) is 6.04 Å². The van der Waals surface area contributed by atoms with Crippen LogP contribution in [0.2, 0.25) is 0 Å². The maximum atomic E-state index is 12.9. The number of aliphatic hydroxyl groups excluding tert-OH is 1. The van der Waals surface area contributed by atoms with Crippen LogP contribution in [-0.2, 0) is 19.1 Å². The standard InChI is InChI=1S/C18H30N2O6/c1-17(2,3)25-15(23)11-8-7-10-9-12(21)13(14(22)20(10)11)19-16(24)26-18(4,5)6/h10-13,21H,7-9H2,1-6H3,(H,19,24)/t10-,11-,12+,13+/m0/s1. The maximum Gasteiger partial charge on any atom is 0.408 e. The second-order valence-electron chi connectivity index (χ2n) is 8.95. The summed E-state index contributed by atoms with van der Waals surface area (Å²) in [4.78, 5) is 38.8. The Bertz CT molecular complexity index is 577. The normalized spacial score (nSPS) is 29.2. The molecule has 0 radical (unpaired) electrons. The van der Waals surface area contributed by atoms with Crippen LogP contribution in [-0.4, -0.2) is 63.4 Å². The Balaban J connectivity index is 2.11. The third-order valence-electron chi connectivity index (χ3n) is 4.27. The van der Waals surface area contributed by atoms with E-state index >= 15 is 0 Å². The molecule has 0 spiro atoms. The fourth-order valence-corrected chi connectivity index (χ4v) is 3.38. The van der Waals surface area contributed by atoms with Crippen molar-refractivity contribution in [3.63, 3.8) is 0 Å². The minimum atomic E-state index is -1.14. The van der Waals surface area contributed by atoms with E-state index < -0.39 is 47.4 Å². The lowest BCUT2D eigenvalue weighted by atomic mass is 9.95. The number of carbonyl (C=O) groups is 3. The first-order valence-corrected chi connectivity index (χ1v) is 9.01. The van der Waals surface area contributed by atoms with Crippen LogP contribution in [0, 0.1) is 0 Å². The highest BCUT2D eigenvalue weighted by atomic mass is 16.6. The van der Waals surface area contributed by atoms with Crippen LogP contribution >= 0.6 is 0 Å². The van der Waals surface area contributed by atoms with Crippen molar-refractivity contribution in [1.82, 2.24) is 10.2 Å². The monoisotopic (exact) mass is 370 g/mol. The van der Waals surface area contributed by atoms with E-state index in [9.17, 15) is 19.5 Å². The molecule has 0 aromatic carbocycles. The molecular formula is C18H30N2O6. The molecule has 0 aliphatic carbocycles. The molecule has 8 nitrogen and oxygen atoms in total. The van der Waals surface area contributed by atoms with E-state index in [0.717, 1.165) is 0 Å². The Morgan fingerprint density at radius 3 is 2.19 bits per heavy atom. The molecule has 2 saturated heterocycles. The van der Waals surface area contributed by atoms with Gasteiger partial charge in [0.25, 0.3) is 0 Å². The molecule has 2 aliphatic rings. The lowest BCUT2D eigenvalue weighted by Gasteiger charge is -2.40. The Labute approximate surface area is 154 Å². The predicted molar refractivity (Wildman–Crippen MR) is 93.3 cm³/mol. The summed E-state index contributed by atoms with van der Waals surface area (Å²) in [6.45, 7) is 10.4. The van der Waals surface area contributed by atoms with Crippen LogP contribution in [0.5, 0.6) is 0 Å². The van der Waals surface area contributed by atoms with Crippen molar-refractivity contribution in [2.45, 2.75) is 96.2 Å². The lowest BCUT2D eigenvalue weighted by Crippen LogP contribution is -2.63. The van der Waals surface area contributed by atoms with Gasteiger partial charge in [0.05, 0.1) is 6.10 Å². The molecule has 148 valence electrons. The summed E-state index contributed by atoms with van der Waals surface area (Å²) in [5.41, 5.74) is -1.37. The SMILES string of the molecule is CC(C)(C)OC(=O)N[C@H]1C(=O)N2[C@@H](CC[C@H]2C(=O)OC(C)(C)C)C[C@H]1O. The molecule has 26 heavy (non-hydrogen) atoms. The number of carbonyl (C=O) groups excluding carboxylic acids is 3. The molecule has 0 unspecified atom stereocenters.